The highest BCUT2D eigenvalue weighted by atomic mass is 32.1. The highest BCUT2D eigenvalue weighted by Gasteiger charge is 2.18. The molecular formula is C21H16FN3O3S. The smallest absolute Gasteiger partial charge is 0.256 e. The number of amides is 2. The van der Waals surface area contributed by atoms with Crippen molar-refractivity contribution < 1.29 is 18.7 Å². The number of nitrogens with zero attached hydrogens (tertiary/aromatic N) is 1. The molecule has 1 aliphatic rings. The van der Waals surface area contributed by atoms with Gasteiger partial charge in [0.2, 0.25) is 5.91 Å². The van der Waals surface area contributed by atoms with E-state index in [4.69, 9.17) is 4.74 Å². The third kappa shape index (κ3) is 4.17. The van der Waals surface area contributed by atoms with Crippen LogP contribution in [0.1, 0.15) is 12.5 Å². The van der Waals surface area contributed by atoms with Crippen molar-refractivity contribution in [1.29, 1.82) is 0 Å². The fraction of sp³-hybridized carbons (Fsp3) is 0.0952. The maximum absolute atomic E-state index is 14.4. The van der Waals surface area contributed by atoms with Crippen molar-refractivity contribution in [2.75, 3.05) is 17.2 Å². The van der Waals surface area contributed by atoms with Gasteiger partial charge in [0.1, 0.15) is 18.2 Å². The molecule has 0 bridgehead atoms. The van der Waals surface area contributed by atoms with Crippen molar-refractivity contribution in [3.05, 3.63) is 64.8 Å². The molecule has 4 rings (SSSR count). The maximum Gasteiger partial charge on any atom is 0.256 e. The van der Waals surface area contributed by atoms with Gasteiger partial charge in [-0.1, -0.05) is 18.2 Å². The summed E-state index contributed by atoms with van der Waals surface area (Å²) in [6.45, 7) is 1.52. The average Bonchev–Trinajstić information content (AvgIpc) is 3.15. The van der Waals surface area contributed by atoms with Crippen LogP contribution < -0.4 is 15.4 Å². The number of halogens is 1. The van der Waals surface area contributed by atoms with Gasteiger partial charge in [-0.05, 0) is 30.3 Å². The normalized spacial score (nSPS) is 12.4. The van der Waals surface area contributed by atoms with Crippen LogP contribution >= 0.6 is 11.3 Å². The van der Waals surface area contributed by atoms with Crippen LogP contribution in [0.15, 0.2) is 53.4 Å². The zero-order valence-electron chi connectivity index (χ0n) is 15.4. The molecule has 1 aromatic heterocycles. The number of nitrogens with one attached hydrogen (secondary N) is 2. The number of anilines is 2. The third-order valence-electron chi connectivity index (χ3n) is 4.21. The van der Waals surface area contributed by atoms with Crippen molar-refractivity contribution in [2.45, 2.75) is 6.92 Å². The Labute approximate surface area is 170 Å². The Bertz CT molecular complexity index is 1140. The van der Waals surface area contributed by atoms with Crippen LogP contribution in [-0.4, -0.2) is 23.4 Å². The van der Waals surface area contributed by atoms with Crippen molar-refractivity contribution in [3.63, 3.8) is 0 Å². The quantitative estimate of drug-likeness (QED) is 0.672. The molecule has 3 aromatic rings. The van der Waals surface area contributed by atoms with Crippen LogP contribution in [0.25, 0.3) is 17.3 Å². The number of para-hydroxylation sites is 1. The summed E-state index contributed by atoms with van der Waals surface area (Å²) in [5.41, 5.74) is 2.37. The lowest BCUT2D eigenvalue weighted by molar-refractivity contribution is -0.114. The molecule has 0 saturated heterocycles. The van der Waals surface area contributed by atoms with Gasteiger partial charge in [0, 0.05) is 29.1 Å². The molecule has 0 atom stereocenters. The van der Waals surface area contributed by atoms with E-state index in [0.29, 0.717) is 22.1 Å². The third-order valence-corrected chi connectivity index (χ3v) is 4.97. The monoisotopic (exact) mass is 409 g/mol. The van der Waals surface area contributed by atoms with Gasteiger partial charge >= 0.3 is 0 Å². The molecule has 1 aliphatic heterocycles. The van der Waals surface area contributed by atoms with Crippen molar-refractivity contribution >= 4 is 40.0 Å². The molecule has 0 aliphatic carbocycles. The van der Waals surface area contributed by atoms with E-state index in [0.717, 1.165) is 11.3 Å². The molecule has 0 spiro atoms. The molecule has 2 amide bonds. The highest BCUT2D eigenvalue weighted by molar-refractivity contribution is 7.14. The standard InChI is InChI=1S/C21H16FN3O3S/c1-12(26)23-15-6-7-16(17(22)9-15)18-11-29-21(24-18)25-20(27)14-8-13-4-2-3-5-19(13)28-10-14/h2-9,11H,10H2,1H3,(H,23,26)(H,24,25,27). The SMILES string of the molecule is CC(=O)Nc1ccc(-c2csc(NC(=O)C3=Cc4ccccc4OC3)n2)c(F)c1. The lowest BCUT2D eigenvalue weighted by Gasteiger charge is -2.16. The molecule has 2 heterocycles. The lowest BCUT2D eigenvalue weighted by Crippen LogP contribution is -2.21. The van der Waals surface area contributed by atoms with Crippen molar-refractivity contribution in [2.24, 2.45) is 0 Å². The fourth-order valence-corrected chi connectivity index (χ4v) is 3.59. The Morgan fingerprint density at radius 1 is 1.17 bits per heavy atom. The van der Waals surface area contributed by atoms with Gasteiger partial charge < -0.3 is 10.1 Å². The second-order valence-corrected chi connectivity index (χ2v) is 7.22. The van der Waals surface area contributed by atoms with Gasteiger partial charge in [0.15, 0.2) is 5.13 Å². The Hall–Kier alpha value is -3.52. The fourth-order valence-electron chi connectivity index (χ4n) is 2.88. The number of hydrogen-bond acceptors (Lipinski definition) is 5. The molecule has 0 fully saturated rings. The second-order valence-electron chi connectivity index (χ2n) is 6.36. The predicted octanol–water partition coefficient (Wildman–Crippen LogP) is 4.32. The minimum Gasteiger partial charge on any atom is -0.488 e. The van der Waals surface area contributed by atoms with E-state index >= 15 is 0 Å². The highest BCUT2D eigenvalue weighted by Crippen LogP contribution is 2.30. The number of aromatic nitrogens is 1. The summed E-state index contributed by atoms with van der Waals surface area (Å²) in [4.78, 5) is 27.9. The molecule has 0 saturated carbocycles. The zero-order valence-corrected chi connectivity index (χ0v) is 16.2. The number of hydrogen-bond donors (Lipinski definition) is 2. The summed E-state index contributed by atoms with van der Waals surface area (Å²) in [5, 5.41) is 7.27. The van der Waals surface area contributed by atoms with Crippen molar-refractivity contribution in [3.8, 4) is 17.0 Å². The Morgan fingerprint density at radius 2 is 2.00 bits per heavy atom. The maximum atomic E-state index is 14.4. The Balaban J connectivity index is 1.49. The minimum absolute atomic E-state index is 0.167. The summed E-state index contributed by atoms with van der Waals surface area (Å²) in [6.07, 6.45) is 1.78. The number of fused-ring (bicyclic) bond motifs is 1. The molecule has 8 heteroatoms. The Morgan fingerprint density at radius 3 is 2.79 bits per heavy atom. The first kappa shape index (κ1) is 18.8. The van der Waals surface area contributed by atoms with Gasteiger partial charge in [-0.25, -0.2) is 9.37 Å². The van der Waals surface area contributed by atoms with Gasteiger partial charge in [0.05, 0.1) is 11.3 Å². The summed E-state index contributed by atoms with van der Waals surface area (Å²) in [7, 11) is 0. The molecule has 0 unspecified atom stereocenters. The second kappa shape index (κ2) is 7.84. The van der Waals surface area contributed by atoms with Gasteiger partial charge in [-0.3, -0.25) is 14.9 Å². The number of thiazole rings is 1. The average molecular weight is 409 g/mol. The van der Waals surface area contributed by atoms with E-state index in [-0.39, 0.29) is 24.0 Å². The first-order valence-corrected chi connectivity index (χ1v) is 9.64. The largest absolute Gasteiger partial charge is 0.488 e. The number of rotatable bonds is 4. The van der Waals surface area contributed by atoms with Crippen LogP contribution in [0.4, 0.5) is 15.2 Å². The molecule has 0 radical (unpaired) electrons. The number of carbonyl (C=O) groups is 2. The number of ether oxygens (including phenoxy) is 1. The number of benzene rings is 2. The molecule has 2 N–H and O–H groups in total. The lowest BCUT2D eigenvalue weighted by atomic mass is 10.1. The van der Waals surface area contributed by atoms with Gasteiger partial charge in [-0.2, -0.15) is 0 Å². The summed E-state index contributed by atoms with van der Waals surface area (Å²) in [5.74, 6) is -0.375. The van der Waals surface area contributed by atoms with Gasteiger partial charge in [0.25, 0.3) is 5.91 Å². The van der Waals surface area contributed by atoms with E-state index in [1.807, 2.05) is 24.3 Å². The summed E-state index contributed by atoms with van der Waals surface area (Å²) in [6, 6.07) is 11.8. The van der Waals surface area contributed by atoms with E-state index in [1.54, 1.807) is 17.5 Å². The van der Waals surface area contributed by atoms with Gasteiger partial charge in [-0.15, -0.1) is 11.3 Å². The van der Waals surface area contributed by atoms with E-state index in [1.165, 1.54) is 30.4 Å². The first-order valence-electron chi connectivity index (χ1n) is 8.76. The molecule has 29 heavy (non-hydrogen) atoms. The van der Waals surface area contributed by atoms with E-state index in [2.05, 4.69) is 15.6 Å². The van der Waals surface area contributed by atoms with Crippen LogP contribution in [0.5, 0.6) is 5.75 Å². The molecule has 146 valence electrons. The summed E-state index contributed by atoms with van der Waals surface area (Å²) >= 11 is 1.20. The molecular weight excluding hydrogens is 393 g/mol. The Kier molecular flexibility index (Phi) is 5.09. The van der Waals surface area contributed by atoms with Crippen molar-refractivity contribution in [1.82, 2.24) is 4.98 Å². The minimum atomic E-state index is -0.514. The van der Waals surface area contributed by atoms with Crippen LogP contribution in [-0.2, 0) is 9.59 Å². The number of carbonyl (C=O) groups excluding carboxylic acids is 2. The van der Waals surface area contributed by atoms with E-state index in [9.17, 15) is 14.0 Å². The van der Waals surface area contributed by atoms with E-state index < -0.39 is 5.82 Å². The first-order chi connectivity index (χ1) is 14.0. The zero-order chi connectivity index (χ0) is 20.4. The summed E-state index contributed by atoms with van der Waals surface area (Å²) < 4.78 is 20.0. The van der Waals surface area contributed by atoms with Crippen LogP contribution in [0.2, 0.25) is 0 Å². The molecule has 6 nitrogen and oxygen atoms in total. The topological polar surface area (TPSA) is 80.3 Å². The molecule has 2 aromatic carbocycles. The van der Waals surface area contributed by atoms with Crippen LogP contribution in [0.3, 0.4) is 0 Å². The van der Waals surface area contributed by atoms with Crippen LogP contribution in [0, 0.1) is 5.82 Å². The predicted molar refractivity (Wildman–Crippen MR) is 110 cm³/mol.